The fraction of sp³-hybridized carbons (Fsp3) is 0.500. The van der Waals surface area contributed by atoms with Gasteiger partial charge in [-0.05, 0) is 18.6 Å². The quantitative estimate of drug-likeness (QED) is 0.725. The molecule has 0 spiro atoms. The summed E-state index contributed by atoms with van der Waals surface area (Å²) in [4.78, 5) is 0. The molecule has 1 fully saturated rings. The summed E-state index contributed by atoms with van der Waals surface area (Å²) in [6.07, 6.45) is 0.882. The minimum absolute atomic E-state index is 0.00755. The first-order chi connectivity index (χ1) is 7.84. The first-order valence-corrected chi connectivity index (χ1v) is 5.62. The van der Waals surface area contributed by atoms with Crippen LogP contribution in [0.3, 0.4) is 0 Å². The van der Waals surface area contributed by atoms with Gasteiger partial charge in [-0.3, -0.25) is 0 Å². The smallest absolute Gasteiger partial charge is 0.128 e. The Morgan fingerprint density at radius 2 is 2.25 bits per heavy atom. The van der Waals surface area contributed by atoms with Crippen LogP contribution in [0.15, 0.2) is 18.2 Å². The number of halogens is 1. The summed E-state index contributed by atoms with van der Waals surface area (Å²) in [5.41, 5.74) is 0.955. The van der Waals surface area contributed by atoms with Crippen molar-refractivity contribution >= 4 is 0 Å². The summed E-state index contributed by atoms with van der Waals surface area (Å²) in [5.74, 6) is 0.358. The molecule has 1 aromatic carbocycles. The highest BCUT2D eigenvalue weighted by atomic mass is 19.1. The molecular weight excluding hydrogens is 209 g/mol. The van der Waals surface area contributed by atoms with Crippen molar-refractivity contribution in [3.05, 3.63) is 29.6 Å². The van der Waals surface area contributed by atoms with Crippen LogP contribution in [0.5, 0.6) is 5.75 Å². The number of hydrogen-bond acceptors (Lipinski definition) is 3. The average Bonchev–Trinajstić information content (AvgIpc) is 2.47. The van der Waals surface area contributed by atoms with Gasteiger partial charge in [-0.15, -0.1) is 0 Å². The fourth-order valence-electron chi connectivity index (χ4n) is 2.38. The highest BCUT2D eigenvalue weighted by molar-refractivity contribution is 5.37. The molecule has 0 radical (unpaired) electrons. The number of benzene rings is 1. The Kier molecular flexibility index (Phi) is 2.53. The molecule has 0 amide bonds. The third-order valence-corrected chi connectivity index (χ3v) is 3.14. The monoisotopic (exact) mass is 223 g/mol. The molecule has 4 heteroatoms. The maximum Gasteiger partial charge on any atom is 0.128 e. The molecule has 3 rings (SSSR count). The molecular formula is C12H14FNO2. The lowest BCUT2D eigenvalue weighted by Crippen LogP contribution is -2.43. The molecule has 0 saturated carbocycles. The third kappa shape index (κ3) is 1.68. The summed E-state index contributed by atoms with van der Waals surface area (Å²) >= 11 is 0. The van der Waals surface area contributed by atoms with Crippen molar-refractivity contribution in [3.63, 3.8) is 0 Å². The van der Waals surface area contributed by atoms with Crippen molar-refractivity contribution in [2.75, 3.05) is 19.8 Å². The summed E-state index contributed by atoms with van der Waals surface area (Å²) in [5, 5.41) is 3.42. The lowest BCUT2D eigenvalue weighted by Gasteiger charge is -2.31. The molecule has 1 aromatic rings. The van der Waals surface area contributed by atoms with Crippen molar-refractivity contribution in [3.8, 4) is 5.75 Å². The van der Waals surface area contributed by atoms with Crippen molar-refractivity contribution in [1.29, 1.82) is 0 Å². The lowest BCUT2D eigenvalue weighted by atomic mass is 9.99. The van der Waals surface area contributed by atoms with E-state index in [9.17, 15) is 4.39 Å². The Bertz CT molecular complexity index is 397. The summed E-state index contributed by atoms with van der Waals surface area (Å²) in [6.45, 7) is 2.17. The molecule has 0 aliphatic carbocycles. The minimum atomic E-state index is -0.263. The molecule has 0 aromatic heterocycles. The third-order valence-electron chi connectivity index (χ3n) is 3.14. The number of morpholine rings is 1. The largest absolute Gasteiger partial charge is 0.493 e. The predicted molar refractivity (Wildman–Crippen MR) is 57.0 cm³/mol. The van der Waals surface area contributed by atoms with Crippen LogP contribution in [0.2, 0.25) is 0 Å². The molecule has 1 N–H and O–H groups in total. The van der Waals surface area contributed by atoms with Gasteiger partial charge in [0.2, 0.25) is 0 Å². The first-order valence-electron chi connectivity index (χ1n) is 5.62. The van der Waals surface area contributed by atoms with E-state index < -0.39 is 0 Å². The van der Waals surface area contributed by atoms with Gasteiger partial charge >= 0.3 is 0 Å². The van der Waals surface area contributed by atoms with E-state index in [1.165, 1.54) is 12.1 Å². The van der Waals surface area contributed by atoms with E-state index in [1.807, 2.05) is 0 Å². The number of nitrogens with one attached hydrogen (secondary N) is 1. The van der Waals surface area contributed by atoms with Crippen LogP contribution in [0.25, 0.3) is 0 Å². The van der Waals surface area contributed by atoms with Gasteiger partial charge in [0.1, 0.15) is 17.7 Å². The van der Waals surface area contributed by atoms with Gasteiger partial charge in [-0.1, -0.05) is 0 Å². The molecule has 86 valence electrons. The molecule has 2 unspecified atom stereocenters. The van der Waals surface area contributed by atoms with Gasteiger partial charge in [-0.2, -0.15) is 0 Å². The Morgan fingerprint density at radius 3 is 3.19 bits per heavy atom. The highest BCUT2D eigenvalue weighted by Crippen LogP contribution is 2.35. The normalized spacial score (nSPS) is 28.6. The second kappa shape index (κ2) is 4.03. The molecule has 3 nitrogen and oxygen atoms in total. The van der Waals surface area contributed by atoms with Crippen molar-refractivity contribution in [1.82, 2.24) is 5.32 Å². The van der Waals surface area contributed by atoms with Gasteiger partial charge < -0.3 is 14.8 Å². The van der Waals surface area contributed by atoms with Gasteiger partial charge in [-0.25, -0.2) is 4.39 Å². The van der Waals surface area contributed by atoms with Crippen LogP contribution in [0, 0.1) is 5.82 Å². The predicted octanol–water partition coefficient (Wildman–Crippen LogP) is 1.64. The van der Waals surface area contributed by atoms with Crippen molar-refractivity contribution < 1.29 is 13.9 Å². The zero-order valence-electron chi connectivity index (χ0n) is 8.91. The van der Waals surface area contributed by atoms with Crippen LogP contribution >= 0.6 is 0 Å². The molecule has 2 heterocycles. The van der Waals surface area contributed by atoms with E-state index in [0.29, 0.717) is 19.0 Å². The number of ether oxygens (including phenoxy) is 2. The summed E-state index contributed by atoms with van der Waals surface area (Å²) in [6, 6.07) is 4.94. The van der Waals surface area contributed by atoms with E-state index in [1.54, 1.807) is 6.07 Å². The summed E-state index contributed by atoms with van der Waals surface area (Å²) in [7, 11) is 0. The van der Waals surface area contributed by atoms with E-state index in [-0.39, 0.29) is 18.0 Å². The van der Waals surface area contributed by atoms with Crippen molar-refractivity contribution in [2.24, 2.45) is 0 Å². The molecule has 2 aliphatic rings. The van der Waals surface area contributed by atoms with E-state index in [2.05, 4.69) is 5.32 Å². The molecule has 2 aliphatic heterocycles. The molecule has 1 saturated heterocycles. The highest BCUT2D eigenvalue weighted by Gasteiger charge is 2.31. The second-order valence-electron chi connectivity index (χ2n) is 4.17. The van der Waals surface area contributed by atoms with Crippen LogP contribution in [-0.4, -0.2) is 25.8 Å². The Balaban J connectivity index is 2.00. The van der Waals surface area contributed by atoms with Gasteiger partial charge in [0.25, 0.3) is 0 Å². The fourth-order valence-corrected chi connectivity index (χ4v) is 2.38. The molecule has 2 atom stereocenters. The standard InChI is InChI=1S/C12H14FNO2/c13-8-1-2-9-11(7-8)15-5-3-10-12(9)16-6-4-14-10/h1-2,7,10,12,14H,3-6H2. The van der Waals surface area contributed by atoms with E-state index >= 15 is 0 Å². The second-order valence-corrected chi connectivity index (χ2v) is 4.17. The van der Waals surface area contributed by atoms with Crippen LogP contribution in [0.1, 0.15) is 18.1 Å². The topological polar surface area (TPSA) is 30.5 Å². The Morgan fingerprint density at radius 1 is 1.31 bits per heavy atom. The molecule has 0 bridgehead atoms. The van der Waals surface area contributed by atoms with Crippen LogP contribution < -0.4 is 10.1 Å². The van der Waals surface area contributed by atoms with Gasteiger partial charge in [0, 0.05) is 24.2 Å². The number of rotatable bonds is 0. The number of hydrogen-bond donors (Lipinski definition) is 1. The zero-order chi connectivity index (χ0) is 11.0. The first kappa shape index (κ1) is 10.1. The van der Waals surface area contributed by atoms with Gasteiger partial charge in [0.05, 0.1) is 13.2 Å². The maximum atomic E-state index is 13.1. The van der Waals surface area contributed by atoms with Crippen LogP contribution in [0.4, 0.5) is 4.39 Å². The average molecular weight is 223 g/mol. The minimum Gasteiger partial charge on any atom is -0.493 e. The maximum absolute atomic E-state index is 13.1. The zero-order valence-corrected chi connectivity index (χ0v) is 8.91. The number of fused-ring (bicyclic) bond motifs is 3. The molecule has 16 heavy (non-hydrogen) atoms. The Hall–Kier alpha value is -1.13. The van der Waals surface area contributed by atoms with E-state index in [0.717, 1.165) is 18.5 Å². The SMILES string of the molecule is Fc1ccc2c(c1)OCCC1NCCOC21. The van der Waals surface area contributed by atoms with Crippen molar-refractivity contribution in [2.45, 2.75) is 18.6 Å². The Labute approximate surface area is 93.6 Å². The lowest BCUT2D eigenvalue weighted by molar-refractivity contribution is -0.00586. The van der Waals surface area contributed by atoms with Crippen LogP contribution in [-0.2, 0) is 4.74 Å². The van der Waals surface area contributed by atoms with E-state index in [4.69, 9.17) is 9.47 Å². The van der Waals surface area contributed by atoms with Gasteiger partial charge in [0.15, 0.2) is 0 Å². The summed E-state index contributed by atoms with van der Waals surface area (Å²) < 4.78 is 24.4.